The fourth-order valence-corrected chi connectivity index (χ4v) is 2.12. The molecule has 0 bridgehead atoms. The second-order valence-electron chi connectivity index (χ2n) is 4.48. The fraction of sp³-hybridized carbons (Fsp3) is 0.200. The van der Waals surface area contributed by atoms with E-state index in [0.29, 0.717) is 13.2 Å². The highest BCUT2D eigenvalue weighted by atomic mass is 16.6. The predicted molar refractivity (Wildman–Crippen MR) is 76.3 cm³/mol. The van der Waals surface area contributed by atoms with Gasteiger partial charge in [0.1, 0.15) is 13.2 Å². The maximum Gasteiger partial charge on any atom is 0.163 e. The fourth-order valence-electron chi connectivity index (χ4n) is 2.12. The molecule has 3 rings (SSSR count). The number of rotatable bonds is 2. The summed E-state index contributed by atoms with van der Waals surface area (Å²) in [5.74, 6) is 1.59. The van der Waals surface area contributed by atoms with Crippen LogP contribution in [0.5, 0.6) is 11.5 Å². The Morgan fingerprint density at radius 2 is 1.68 bits per heavy atom. The number of ether oxygens (including phenoxy) is 2. The summed E-state index contributed by atoms with van der Waals surface area (Å²) in [6.07, 6.45) is 0. The van der Waals surface area contributed by atoms with Crippen molar-refractivity contribution in [1.29, 1.82) is 0 Å². The molecule has 0 atom stereocenters. The quantitative estimate of drug-likeness (QED) is 0.839. The molecule has 0 saturated heterocycles. The Morgan fingerprint density at radius 1 is 0.947 bits per heavy atom. The second-order valence-corrected chi connectivity index (χ2v) is 4.48. The minimum Gasteiger partial charge on any atom is -0.486 e. The van der Waals surface area contributed by atoms with Crippen LogP contribution in [0.2, 0.25) is 0 Å². The number of fused-ring (bicyclic) bond motifs is 1. The van der Waals surface area contributed by atoms with Gasteiger partial charge in [0.05, 0.1) is 0 Å². The smallest absolute Gasteiger partial charge is 0.163 e. The van der Waals surface area contributed by atoms with Crippen molar-refractivity contribution in [3.05, 3.63) is 42.5 Å². The van der Waals surface area contributed by atoms with Crippen molar-refractivity contribution in [3.63, 3.8) is 0 Å². The minimum absolute atomic E-state index is 0.596. The Kier molecular flexibility index (Phi) is 2.91. The van der Waals surface area contributed by atoms with E-state index in [9.17, 15) is 0 Å². The van der Waals surface area contributed by atoms with E-state index in [1.807, 2.05) is 49.5 Å². The lowest BCUT2D eigenvalue weighted by Crippen LogP contribution is -2.16. The summed E-state index contributed by atoms with van der Waals surface area (Å²) in [4.78, 5) is 2.06. The summed E-state index contributed by atoms with van der Waals surface area (Å²) in [5.41, 5.74) is 8.64. The lowest BCUT2D eigenvalue weighted by molar-refractivity contribution is 0.171. The molecule has 98 valence electrons. The zero-order valence-corrected chi connectivity index (χ0v) is 10.8. The molecule has 0 spiro atoms. The Morgan fingerprint density at radius 3 is 2.47 bits per heavy atom. The molecule has 4 heteroatoms. The van der Waals surface area contributed by atoms with Gasteiger partial charge in [-0.3, -0.25) is 0 Å². The van der Waals surface area contributed by atoms with E-state index in [-0.39, 0.29) is 0 Å². The predicted octanol–water partition coefficient (Wildman–Crippen LogP) is 2.81. The van der Waals surface area contributed by atoms with Crippen LogP contribution in [0.15, 0.2) is 42.5 Å². The van der Waals surface area contributed by atoms with Gasteiger partial charge in [-0.25, -0.2) is 0 Å². The van der Waals surface area contributed by atoms with Gasteiger partial charge in [-0.2, -0.15) is 0 Å². The lowest BCUT2D eigenvalue weighted by Gasteiger charge is -2.23. The van der Waals surface area contributed by atoms with Crippen molar-refractivity contribution < 1.29 is 9.47 Å². The van der Waals surface area contributed by atoms with Crippen LogP contribution in [-0.2, 0) is 0 Å². The zero-order valence-electron chi connectivity index (χ0n) is 10.8. The van der Waals surface area contributed by atoms with Crippen LogP contribution >= 0.6 is 0 Å². The number of hydrogen-bond donors (Lipinski definition) is 1. The molecule has 0 unspecified atom stereocenters. The van der Waals surface area contributed by atoms with E-state index >= 15 is 0 Å². The molecule has 0 saturated carbocycles. The molecule has 19 heavy (non-hydrogen) atoms. The first-order chi connectivity index (χ1) is 9.24. The Bertz CT molecular complexity index is 598. The van der Waals surface area contributed by atoms with Crippen molar-refractivity contribution in [3.8, 4) is 11.5 Å². The lowest BCUT2D eigenvalue weighted by atomic mass is 10.2. The molecule has 0 aromatic heterocycles. The molecule has 2 aromatic carbocycles. The number of nitrogen functional groups attached to an aromatic ring is 1. The van der Waals surface area contributed by atoms with Crippen molar-refractivity contribution in [2.75, 3.05) is 30.9 Å². The number of nitrogens with two attached hydrogens (primary N) is 1. The molecular formula is C15H16N2O2. The van der Waals surface area contributed by atoms with Gasteiger partial charge in [-0.05, 0) is 30.3 Å². The summed E-state index contributed by atoms with van der Waals surface area (Å²) in [6, 6.07) is 13.7. The zero-order chi connectivity index (χ0) is 13.2. The monoisotopic (exact) mass is 256 g/mol. The molecule has 2 aromatic rings. The van der Waals surface area contributed by atoms with Crippen molar-refractivity contribution >= 4 is 17.1 Å². The van der Waals surface area contributed by atoms with Crippen LogP contribution < -0.4 is 20.1 Å². The van der Waals surface area contributed by atoms with E-state index in [1.165, 1.54) is 0 Å². The van der Waals surface area contributed by atoms with Crippen molar-refractivity contribution in [2.45, 2.75) is 0 Å². The highest BCUT2D eigenvalue weighted by molar-refractivity contribution is 5.68. The standard InChI is InChI=1S/C15H16N2O2/c1-17(12-4-2-3-11(16)9-12)13-5-6-14-15(10-13)19-8-7-18-14/h2-6,9-10H,7-8,16H2,1H3. The van der Waals surface area contributed by atoms with Crippen LogP contribution in [0, 0.1) is 0 Å². The Balaban J connectivity index is 1.93. The van der Waals surface area contributed by atoms with Gasteiger partial charge in [-0.15, -0.1) is 0 Å². The first-order valence-corrected chi connectivity index (χ1v) is 6.23. The molecule has 0 aliphatic carbocycles. The molecule has 1 heterocycles. The van der Waals surface area contributed by atoms with Crippen LogP contribution in [-0.4, -0.2) is 20.3 Å². The van der Waals surface area contributed by atoms with Crippen LogP contribution in [0.3, 0.4) is 0 Å². The average Bonchev–Trinajstić information content (AvgIpc) is 2.46. The van der Waals surface area contributed by atoms with Crippen molar-refractivity contribution in [2.24, 2.45) is 0 Å². The number of anilines is 3. The third-order valence-electron chi connectivity index (χ3n) is 3.17. The molecule has 0 fully saturated rings. The maximum atomic E-state index is 5.81. The van der Waals surface area contributed by atoms with E-state index < -0.39 is 0 Å². The van der Waals surface area contributed by atoms with Gasteiger partial charge >= 0.3 is 0 Å². The summed E-state index contributed by atoms with van der Waals surface area (Å²) < 4.78 is 11.1. The molecule has 1 aliphatic rings. The SMILES string of the molecule is CN(c1cccc(N)c1)c1ccc2c(c1)OCCO2. The Labute approximate surface area is 112 Å². The van der Waals surface area contributed by atoms with Gasteiger partial charge < -0.3 is 20.1 Å². The van der Waals surface area contributed by atoms with Crippen LogP contribution in [0.1, 0.15) is 0 Å². The molecule has 2 N–H and O–H groups in total. The number of benzene rings is 2. The van der Waals surface area contributed by atoms with E-state index in [2.05, 4.69) is 4.90 Å². The number of nitrogens with zero attached hydrogens (tertiary/aromatic N) is 1. The summed E-state index contributed by atoms with van der Waals surface area (Å²) >= 11 is 0. The Hall–Kier alpha value is -2.36. The van der Waals surface area contributed by atoms with Crippen LogP contribution in [0.25, 0.3) is 0 Å². The summed E-state index contributed by atoms with van der Waals surface area (Å²) in [7, 11) is 2.00. The second kappa shape index (κ2) is 4.72. The largest absolute Gasteiger partial charge is 0.486 e. The van der Waals surface area contributed by atoms with Gasteiger partial charge in [0.2, 0.25) is 0 Å². The van der Waals surface area contributed by atoms with E-state index in [4.69, 9.17) is 15.2 Å². The summed E-state index contributed by atoms with van der Waals surface area (Å²) in [5, 5.41) is 0. The number of hydrogen-bond acceptors (Lipinski definition) is 4. The average molecular weight is 256 g/mol. The summed E-state index contributed by atoms with van der Waals surface area (Å²) in [6.45, 7) is 1.20. The molecule has 0 radical (unpaired) electrons. The van der Waals surface area contributed by atoms with Gasteiger partial charge in [0.25, 0.3) is 0 Å². The molecule has 1 aliphatic heterocycles. The van der Waals surface area contributed by atoms with Crippen molar-refractivity contribution in [1.82, 2.24) is 0 Å². The van der Waals surface area contributed by atoms with Crippen LogP contribution in [0.4, 0.5) is 17.1 Å². The first kappa shape index (κ1) is 11.7. The highest BCUT2D eigenvalue weighted by Crippen LogP contribution is 2.35. The first-order valence-electron chi connectivity index (χ1n) is 6.23. The van der Waals surface area contributed by atoms with Gasteiger partial charge in [0, 0.05) is 30.2 Å². The van der Waals surface area contributed by atoms with E-state index in [0.717, 1.165) is 28.6 Å². The van der Waals surface area contributed by atoms with Gasteiger partial charge in [0.15, 0.2) is 11.5 Å². The van der Waals surface area contributed by atoms with Gasteiger partial charge in [-0.1, -0.05) is 6.07 Å². The normalized spacial score (nSPS) is 13.1. The third-order valence-corrected chi connectivity index (χ3v) is 3.17. The minimum atomic E-state index is 0.596. The molecule has 0 amide bonds. The molecule has 4 nitrogen and oxygen atoms in total. The maximum absolute atomic E-state index is 5.81. The topological polar surface area (TPSA) is 47.7 Å². The molecular weight excluding hydrogens is 240 g/mol. The van der Waals surface area contributed by atoms with E-state index in [1.54, 1.807) is 0 Å². The third kappa shape index (κ3) is 2.29. The highest BCUT2D eigenvalue weighted by Gasteiger charge is 2.13.